The maximum atomic E-state index is 12.7. The molecule has 0 aliphatic rings. The largest absolute Gasteiger partial charge is 0.502 e. The lowest BCUT2D eigenvalue weighted by Gasteiger charge is -1.96. The van der Waals surface area contributed by atoms with E-state index in [2.05, 4.69) is 0 Å². The number of halogens is 1. The van der Waals surface area contributed by atoms with Crippen LogP contribution in [0.4, 0.5) is 4.39 Å². The average Bonchev–Trinajstić information content (AvgIpc) is 2.14. The summed E-state index contributed by atoms with van der Waals surface area (Å²) in [5.41, 5.74) is 0.609. The van der Waals surface area contributed by atoms with Crippen molar-refractivity contribution in [2.75, 3.05) is 0 Å². The molecule has 1 aromatic carbocycles. The van der Waals surface area contributed by atoms with E-state index in [-0.39, 0.29) is 12.2 Å². The van der Waals surface area contributed by atoms with Gasteiger partial charge >= 0.3 is 5.97 Å². The fourth-order valence-electron chi connectivity index (χ4n) is 0.966. The molecule has 1 rings (SSSR count). The lowest BCUT2D eigenvalue weighted by molar-refractivity contribution is -0.135. The number of carboxylic acids is 1. The summed E-state index contributed by atoms with van der Waals surface area (Å²) < 4.78 is 12.7. The van der Waals surface area contributed by atoms with Gasteiger partial charge in [-0.05, 0) is 30.2 Å². The van der Waals surface area contributed by atoms with Crippen molar-refractivity contribution in [1.82, 2.24) is 0 Å². The quantitative estimate of drug-likeness (QED) is 0.573. The predicted molar refractivity (Wildman–Crippen MR) is 48.5 cm³/mol. The summed E-state index contributed by atoms with van der Waals surface area (Å²) in [5.74, 6) is -2.50. The topological polar surface area (TPSA) is 57.5 Å². The first kappa shape index (κ1) is 10.2. The minimum atomic E-state index is -1.39. The van der Waals surface area contributed by atoms with E-state index >= 15 is 0 Å². The number of allylic oxidation sites excluding steroid dienone is 1. The minimum absolute atomic E-state index is 0.190. The number of hydrogen-bond acceptors (Lipinski definition) is 2. The van der Waals surface area contributed by atoms with Crippen molar-refractivity contribution in [3.63, 3.8) is 0 Å². The Morgan fingerprint density at radius 1 is 1.43 bits per heavy atom. The van der Waals surface area contributed by atoms with Crippen molar-refractivity contribution >= 4 is 5.97 Å². The van der Waals surface area contributed by atoms with Crippen LogP contribution >= 0.6 is 0 Å². The van der Waals surface area contributed by atoms with Crippen LogP contribution < -0.4 is 0 Å². The second-order valence-corrected chi connectivity index (χ2v) is 2.73. The van der Waals surface area contributed by atoms with Crippen molar-refractivity contribution in [3.05, 3.63) is 47.5 Å². The predicted octanol–water partition coefficient (Wildman–Crippen LogP) is 1.89. The molecule has 0 amide bonds. The SMILES string of the molecule is O=C(O)/C(O)=C/Cc1cccc(F)c1. The molecule has 0 radical (unpaired) electrons. The van der Waals surface area contributed by atoms with E-state index in [1.165, 1.54) is 18.2 Å². The molecule has 74 valence electrons. The van der Waals surface area contributed by atoms with Crippen LogP contribution in [0.15, 0.2) is 36.1 Å². The fraction of sp³-hybridized carbons (Fsp3) is 0.100. The molecule has 0 aliphatic carbocycles. The molecule has 0 aromatic heterocycles. The van der Waals surface area contributed by atoms with Gasteiger partial charge in [0.1, 0.15) is 5.82 Å². The summed E-state index contributed by atoms with van der Waals surface area (Å²) in [5, 5.41) is 17.1. The molecule has 0 aliphatic heterocycles. The van der Waals surface area contributed by atoms with Crippen LogP contribution in [-0.4, -0.2) is 16.2 Å². The lowest BCUT2D eigenvalue weighted by Crippen LogP contribution is -1.99. The molecule has 0 unspecified atom stereocenters. The van der Waals surface area contributed by atoms with E-state index in [1.807, 2.05) is 0 Å². The number of carboxylic acid groups (broad SMARTS) is 1. The van der Waals surface area contributed by atoms with Gasteiger partial charge in [0, 0.05) is 0 Å². The molecule has 0 bridgehead atoms. The van der Waals surface area contributed by atoms with Crippen molar-refractivity contribution in [1.29, 1.82) is 0 Å². The molecule has 0 spiro atoms. The van der Waals surface area contributed by atoms with Gasteiger partial charge in [0.2, 0.25) is 0 Å². The molecular formula is C10H9FO3. The number of aliphatic hydroxyl groups is 1. The van der Waals surface area contributed by atoms with Gasteiger partial charge in [-0.2, -0.15) is 0 Å². The van der Waals surface area contributed by atoms with Crippen LogP contribution in [0.5, 0.6) is 0 Å². The van der Waals surface area contributed by atoms with Gasteiger partial charge in [-0.25, -0.2) is 9.18 Å². The molecule has 0 saturated heterocycles. The van der Waals surface area contributed by atoms with Crippen LogP contribution in [0.3, 0.4) is 0 Å². The molecular weight excluding hydrogens is 187 g/mol. The van der Waals surface area contributed by atoms with Crippen LogP contribution in [0.2, 0.25) is 0 Å². The minimum Gasteiger partial charge on any atom is -0.502 e. The zero-order valence-electron chi connectivity index (χ0n) is 7.27. The van der Waals surface area contributed by atoms with Crippen LogP contribution in [-0.2, 0) is 11.2 Å². The average molecular weight is 196 g/mol. The summed E-state index contributed by atoms with van der Waals surface area (Å²) in [6.45, 7) is 0. The molecule has 4 heteroatoms. The Bertz CT molecular complexity index is 371. The Hall–Kier alpha value is -1.84. The fourth-order valence-corrected chi connectivity index (χ4v) is 0.966. The number of hydrogen-bond donors (Lipinski definition) is 2. The Kier molecular flexibility index (Phi) is 3.23. The summed E-state index contributed by atoms with van der Waals surface area (Å²) >= 11 is 0. The first-order valence-electron chi connectivity index (χ1n) is 3.96. The van der Waals surface area contributed by atoms with Crippen LogP contribution in [0, 0.1) is 5.82 Å². The van der Waals surface area contributed by atoms with E-state index < -0.39 is 11.7 Å². The monoisotopic (exact) mass is 196 g/mol. The maximum absolute atomic E-state index is 12.7. The second kappa shape index (κ2) is 4.41. The molecule has 0 fully saturated rings. The highest BCUT2D eigenvalue weighted by Crippen LogP contribution is 2.05. The lowest BCUT2D eigenvalue weighted by atomic mass is 10.1. The van der Waals surface area contributed by atoms with Crippen molar-refractivity contribution in [3.8, 4) is 0 Å². The smallest absolute Gasteiger partial charge is 0.370 e. The second-order valence-electron chi connectivity index (χ2n) is 2.73. The highest BCUT2D eigenvalue weighted by Gasteiger charge is 2.02. The van der Waals surface area contributed by atoms with Gasteiger partial charge in [0.05, 0.1) is 0 Å². The zero-order chi connectivity index (χ0) is 10.6. The van der Waals surface area contributed by atoms with E-state index in [0.29, 0.717) is 5.56 Å². The summed E-state index contributed by atoms with van der Waals surface area (Å²) in [4.78, 5) is 10.2. The van der Waals surface area contributed by atoms with E-state index in [1.54, 1.807) is 6.07 Å². The number of aliphatic hydroxyl groups excluding tert-OH is 1. The van der Waals surface area contributed by atoms with Gasteiger partial charge in [-0.1, -0.05) is 12.1 Å². The van der Waals surface area contributed by atoms with E-state index in [9.17, 15) is 9.18 Å². The van der Waals surface area contributed by atoms with Gasteiger partial charge < -0.3 is 10.2 Å². The Labute approximate surface area is 80.1 Å². The molecule has 0 atom stereocenters. The van der Waals surface area contributed by atoms with Crippen molar-refractivity contribution in [2.45, 2.75) is 6.42 Å². The first-order chi connectivity index (χ1) is 6.59. The highest BCUT2D eigenvalue weighted by molar-refractivity contribution is 5.83. The third-order valence-electron chi connectivity index (χ3n) is 1.64. The molecule has 2 N–H and O–H groups in total. The Morgan fingerprint density at radius 3 is 2.71 bits per heavy atom. The first-order valence-corrected chi connectivity index (χ1v) is 3.96. The number of aliphatic carboxylic acids is 1. The van der Waals surface area contributed by atoms with Crippen molar-refractivity contribution in [2.24, 2.45) is 0 Å². The molecule has 0 saturated carbocycles. The van der Waals surface area contributed by atoms with Crippen LogP contribution in [0.1, 0.15) is 5.56 Å². The highest BCUT2D eigenvalue weighted by atomic mass is 19.1. The summed E-state index contributed by atoms with van der Waals surface area (Å²) in [6, 6.07) is 5.75. The zero-order valence-corrected chi connectivity index (χ0v) is 7.27. The van der Waals surface area contributed by atoms with Crippen molar-refractivity contribution < 1.29 is 19.4 Å². The molecule has 1 aromatic rings. The number of rotatable bonds is 3. The summed E-state index contributed by atoms with van der Waals surface area (Å²) in [6.07, 6.45) is 1.31. The standard InChI is InChI=1S/C10H9FO3/c11-8-3-1-2-7(6-8)4-5-9(12)10(13)14/h1-3,5-6,12H,4H2,(H,13,14)/b9-5-. The normalized spacial score (nSPS) is 11.4. The van der Waals surface area contributed by atoms with E-state index in [0.717, 1.165) is 6.08 Å². The Balaban J connectivity index is 2.71. The number of carbonyl (C=O) groups is 1. The van der Waals surface area contributed by atoms with E-state index in [4.69, 9.17) is 10.2 Å². The van der Waals surface area contributed by atoms with Gasteiger partial charge in [0.15, 0.2) is 5.76 Å². The third kappa shape index (κ3) is 2.90. The van der Waals surface area contributed by atoms with Gasteiger partial charge in [-0.15, -0.1) is 0 Å². The van der Waals surface area contributed by atoms with Crippen LogP contribution in [0.25, 0.3) is 0 Å². The third-order valence-corrected chi connectivity index (χ3v) is 1.64. The molecule has 14 heavy (non-hydrogen) atoms. The van der Waals surface area contributed by atoms with Gasteiger partial charge in [0.25, 0.3) is 0 Å². The number of benzene rings is 1. The molecule has 0 heterocycles. The maximum Gasteiger partial charge on any atom is 0.370 e. The Morgan fingerprint density at radius 2 is 2.14 bits per heavy atom. The molecule has 3 nitrogen and oxygen atoms in total. The summed E-state index contributed by atoms with van der Waals surface area (Å²) in [7, 11) is 0. The van der Waals surface area contributed by atoms with Gasteiger partial charge in [-0.3, -0.25) is 0 Å².